The van der Waals surface area contributed by atoms with E-state index in [-0.39, 0.29) is 0 Å². The van der Waals surface area contributed by atoms with Crippen LogP contribution < -0.4 is 15.5 Å². The van der Waals surface area contributed by atoms with Gasteiger partial charge in [-0.15, -0.1) is 0 Å². The molecular formula is C21H24N8. The Hall–Kier alpha value is -3.70. The molecule has 0 saturated heterocycles. The zero-order valence-corrected chi connectivity index (χ0v) is 16.8. The Bertz CT molecular complexity index is 1070. The first-order chi connectivity index (χ1) is 14.1. The third-order valence-corrected chi connectivity index (χ3v) is 4.67. The Balaban J connectivity index is 2.12. The highest BCUT2D eigenvalue weighted by Crippen LogP contribution is 2.30. The van der Waals surface area contributed by atoms with Crippen molar-refractivity contribution in [2.24, 2.45) is 0 Å². The first kappa shape index (κ1) is 20.0. The minimum absolute atomic E-state index is 0.496. The molecule has 0 aromatic carbocycles. The lowest BCUT2D eigenvalue weighted by molar-refractivity contribution is 0.761. The number of fused-ring (bicyclic) bond motifs is 1. The van der Waals surface area contributed by atoms with Crippen LogP contribution in [-0.4, -0.2) is 55.0 Å². The molecule has 3 rings (SSSR count). The molecule has 0 atom stereocenters. The van der Waals surface area contributed by atoms with Crippen LogP contribution in [0.5, 0.6) is 0 Å². The average molecular weight is 388 g/mol. The van der Waals surface area contributed by atoms with Crippen LogP contribution in [0.1, 0.15) is 11.1 Å². The highest BCUT2D eigenvalue weighted by atomic mass is 15.2. The summed E-state index contributed by atoms with van der Waals surface area (Å²) in [7, 11) is 5.71. The molecule has 0 bridgehead atoms. The average Bonchev–Trinajstić information content (AvgIpc) is 3.18. The van der Waals surface area contributed by atoms with Crippen molar-refractivity contribution in [2.45, 2.75) is 0 Å². The lowest BCUT2D eigenvalue weighted by Gasteiger charge is -2.18. The predicted octanol–water partition coefficient (Wildman–Crippen LogP) is 2.13. The summed E-state index contributed by atoms with van der Waals surface area (Å²) in [5.74, 6) is 0.875. The third kappa shape index (κ3) is 4.10. The van der Waals surface area contributed by atoms with Crippen molar-refractivity contribution in [1.82, 2.24) is 25.2 Å². The summed E-state index contributed by atoms with van der Waals surface area (Å²) in [6.45, 7) is 1.72. The van der Waals surface area contributed by atoms with Gasteiger partial charge in [-0.1, -0.05) is 0 Å². The van der Waals surface area contributed by atoms with Crippen LogP contribution in [0.25, 0.3) is 22.2 Å². The van der Waals surface area contributed by atoms with Crippen LogP contribution in [0.2, 0.25) is 0 Å². The molecule has 0 unspecified atom stereocenters. The lowest BCUT2D eigenvalue weighted by Crippen LogP contribution is -2.27. The number of rotatable bonds is 8. The van der Waals surface area contributed by atoms with Crippen LogP contribution in [0.4, 0.5) is 5.82 Å². The molecule has 0 radical (unpaired) electrons. The molecule has 0 aliphatic rings. The number of nitriles is 1. The number of pyridine rings is 2. The maximum Gasteiger partial charge on any atom is 0.128 e. The molecule has 0 aliphatic carbocycles. The predicted molar refractivity (Wildman–Crippen MR) is 116 cm³/mol. The number of likely N-dealkylation sites (N-methyl/N-ethyl adjacent to an activating group) is 2. The van der Waals surface area contributed by atoms with Crippen LogP contribution >= 0.6 is 0 Å². The zero-order valence-electron chi connectivity index (χ0n) is 16.8. The van der Waals surface area contributed by atoms with E-state index in [1.807, 2.05) is 44.7 Å². The van der Waals surface area contributed by atoms with E-state index in [1.165, 1.54) is 6.21 Å². The minimum atomic E-state index is 0.496. The van der Waals surface area contributed by atoms with Gasteiger partial charge in [0, 0.05) is 74.3 Å². The van der Waals surface area contributed by atoms with E-state index in [0.717, 1.165) is 41.1 Å². The summed E-state index contributed by atoms with van der Waals surface area (Å²) in [6, 6.07) is 8.14. The maximum absolute atomic E-state index is 9.51. The van der Waals surface area contributed by atoms with Gasteiger partial charge in [0.2, 0.25) is 0 Å². The molecule has 0 aliphatic heterocycles. The van der Waals surface area contributed by atoms with Gasteiger partial charge in [-0.3, -0.25) is 0 Å². The Labute approximate surface area is 170 Å². The summed E-state index contributed by atoms with van der Waals surface area (Å²) >= 11 is 0. The third-order valence-electron chi connectivity index (χ3n) is 4.67. The van der Waals surface area contributed by atoms with E-state index in [1.54, 1.807) is 24.0 Å². The SMILES string of the molecule is CN/C=C(\C=N)c1cc(-c2ccc(N(C)CCNC)nc2)c2c(C#N)cnn2c1. The van der Waals surface area contributed by atoms with Gasteiger partial charge in [0.25, 0.3) is 0 Å². The topological polar surface area (TPSA) is 105 Å². The van der Waals surface area contributed by atoms with Gasteiger partial charge in [0.15, 0.2) is 0 Å². The van der Waals surface area contributed by atoms with E-state index in [2.05, 4.69) is 31.7 Å². The highest BCUT2D eigenvalue weighted by molar-refractivity contribution is 6.08. The Kier molecular flexibility index (Phi) is 6.22. The maximum atomic E-state index is 9.51. The van der Waals surface area contributed by atoms with Gasteiger partial charge in [-0.25, -0.2) is 9.50 Å². The second-order valence-corrected chi connectivity index (χ2v) is 6.57. The molecule has 29 heavy (non-hydrogen) atoms. The van der Waals surface area contributed by atoms with Gasteiger partial charge in [0.05, 0.1) is 17.3 Å². The molecule has 0 amide bonds. The molecule has 0 spiro atoms. The molecule has 3 N–H and O–H groups in total. The first-order valence-electron chi connectivity index (χ1n) is 9.24. The van der Waals surface area contributed by atoms with Crippen LogP contribution in [0, 0.1) is 16.7 Å². The summed E-state index contributed by atoms with van der Waals surface area (Å²) < 4.78 is 1.68. The minimum Gasteiger partial charge on any atom is -0.393 e. The quantitative estimate of drug-likeness (QED) is 0.511. The van der Waals surface area contributed by atoms with E-state index >= 15 is 0 Å². The normalized spacial score (nSPS) is 11.3. The summed E-state index contributed by atoms with van der Waals surface area (Å²) in [5, 5.41) is 27.6. The number of hydrogen-bond donors (Lipinski definition) is 3. The van der Waals surface area contributed by atoms with Gasteiger partial charge >= 0.3 is 0 Å². The Morgan fingerprint density at radius 2 is 2.17 bits per heavy atom. The number of hydrogen-bond acceptors (Lipinski definition) is 7. The molecular weight excluding hydrogens is 364 g/mol. The fraction of sp³-hybridized carbons (Fsp3) is 0.238. The second kappa shape index (κ2) is 8.99. The van der Waals surface area contributed by atoms with Gasteiger partial charge in [0.1, 0.15) is 11.9 Å². The summed E-state index contributed by atoms with van der Waals surface area (Å²) in [4.78, 5) is 6.68. The highest BCUT2D eigenvalue weighted by Gasteiger charge is 2.15. The van der Waals surface area contributed by atoms with Crippen LogP contribution in [-0.2, 0) is 0 Å². The standard InChI is InChI=1S/C21H24N8/c1-24-6-7-28(3)20-5-4-15(12-26-20)19-8-16(17(9-22)11-25-2)14-29-21(19)18(10-23)13-27-29/h4-5,8-9,11-14,22,24-25H,6-7H2,1-3H3/b17-11+,22-9?. The van der Waals surface area contributed by atoms with Gasteiger partial charge < -0.3 is 20.9 Å². The van der Waals surface area contributed by atoms with E-state index in [4.69, 9.17) is 5.41 Å². The van der Waals surface area contributed by atoms with Crippen molar-refractivity contribution in [2.75, 3.05) is 39.1 Å². The number of aromatic nitrogens is 3. The molecule has 3 aromatic heterocycles. The number of nitrogens with zero attached hydrogens (tertiary/aromatic N) is 5. The molecule has 8 heteroatoms. The fourth-order valence-corrected chi connectivity index (χ4v) is 3.11. The van der Waals surface area contributed by atoms with E-state index in [9.17, 15) is 5.26 Å². The van der Waals surface area contributed by atoms with Gasteiger partial charge in [-0.05, 0) is 25.2 Å². The number of allylic oxidation sites excluding steroid dienone is 1. The van der Waals surface area contributed by atoms with Crippen molar-refractivity contribution in [3.05, 3.63) is 54.1 Å². The zero-order chi connectivity index (χ0) is 20.8. The van der Waals surface area contributed by atoms with Gasteiger partial charge in [-0.2, -0.15) is 10.4 Å². The van der Waals surface area contributed by atoms with Crippen LogP contribution in [0.3, 0.4) is 0 Å². The molecule has 0 saturated carbocycles. The molecule has 148 valence electrons. The van der Waals surface area contributed by atoms with Crippen molar-refractivity contribution in [1.29, 1.82) is 10.7 Å². The smallest absolute Gasteiger partial charge is 0.128 e. The van der Waals surface area contributed by atoms with E-state index in [0.29, 0.717) is 11.1 Å². The Morgan fingerprint density at radius 1 is 1.34 bits per heavy atom. The summed E-state index contributed by atoms with van der Waals surface area (Å²) in [5.41, 5.74) is 4.48. The summed E-state index contributed by atoms with van der Waals surface area (Å²) in [6.07, 6.45) is 8.23. The van der Waals surface area contributed by atoms with Crippen molar-refractivity contribution in [3.63, 3.8) is 0 Å². The largest absolute Gasteiger partial charge is 0.393 e. The molecule has 3 aromatic rings. The first-order valence-corrected chi connectivity index (χ1v) is 9.24. The monoisotopic (exact) mass is 388 g/mol. The fourth-order valence-electron chi connectivity index (χ4n) is 3.11. The lowest BCUT2D eigenvalue weighted by atomic mass is 10.0. The van der Waals surface area contributed by atoms with Crippen molar-refractivity contribution >= 4 is 23.1 Å². The molecule has 3 heterocycles. The van der Waals surface area contributed by atoms with E-state index < -0.39 is 0 Å². The molecule has 8 nitrogen and oxygen atoms in total. The number of anilines is 1. The number of nitrogens with one attached hydrogen (secondary N) is 3. The Morgan fingerprint density at radius 3 is 2.79 bits per heavy atom. The second-order valence-electron chi connectivity index (χ2n) is 6.57. The molecule has 0 fully saturated rings. The van der Waals surface area contributed by atoms with Crippen molar-refractivity contribution in [3.8, 4) is 17.2 Å². The van der Waals surface area contributed by atoms with Crippen molar-refractivity contribution < 1.29 is 0 Å². The van der Waals surface area contributed by atoms with Crippen LogP contribution in [0.15, 0.2) is 43.0 Å².